The van der Waals surface area contributed by atoms with Crippen molar-refractivity contribution in [2.24, 2.45) is 5.41 Å². The first-order valence-corrected chi connectivity index (χ1v) is 7.90. The van der Waals surface area contributed by atoms with Gasteiger partial charge in [-0.3, -0.25) is 14.4 Å². The number of anilines is 1. The first kappa shape index (κ1) is 17.9. The summed E-state index contributed by atoms with van der Waals surface area (Å²) in [6, 6.07) is 6.51. The third-order valence-corrected chi connectivity index (χ3v) is 4.17. The van der Waals surface area contributed by atoms with Crippen LogP contribution in [0.3, 0.4) is 0 Å². The largest absolute Gasteiger partial charge is 0.481 e. The van der Waals surface area contributed by atoms with Crippen LogP contribution in [-0.4, -0.2) is 42.6 Å². The fraction of sp³-hybridized carbons (Fsp3) is 0.471. The highest BCUT2D eigenvalue weighted by Crippen LogP contribution is 2.31. The van der Waals surface area contributed by atoms with Gasteiger partial charge in [-0.05, 0) is 37.1 Å². The summed E-state index contributed by atoms with van der Waals surface area (Å²) in [5.74, 6) is -1.36. The zero-order valence-electron chi connectivity index (χ0n) is 13.6. The Morgan fingerprint density at radius 2 is 1.79 bits per heavy atom. The van der Waals surface area contributed by atoms with Gasteiger partial charge in [0.15, 0.2) is 0 Å². The summed E-state index contributed by atoms with van der Waals surface area (Å²) in [7, 11) is 0. The number of nitrogens with one attached hydrogen (secondary N) is 2. The molecule has 1 heterocycles. The molecule has 130 valence electrons. The molecule has 24 heavy (non-hydrogen) atoms. The SMILES string of the molecule is CC1(C(=O)Nc2ccc(C(=O)NCCC(=O)O)cc2)CCOCC1. The lowest BCUT2D eigenvalue weighted by Crippen LogP contribution is -2.38. The number of carboxylic acids is 1. The van der Waals surface area contributed by atoms with Gasteiger partial charge in [0, 0.05) is 31.0 Å². The molecule has 0 aromatic heterocycles. The molecule has 0 radical (unpaired) electrons. The van der Waals surface area contributed by atoms with Crippen molar-refractivity contribution < 1.29 is 24.2 Å². The Labute approximate surface area is 140 Å². The number of benzene rings is 1. The van der Waals surface area contributed by atoms with E-state index in [1.54, 1.807) is 24.3 Å². The summed E-state index contributed by atoms with van der Waals surface area (Å²) in [5.41, 5.74) is 0.593. The second-order valence-electron chi connectivity index (χ2n) is 6.10. The fourth-order valence-corrected chi connectivity index (χ4v) is 2.42. The van der Waals surface area contributed by atoms with E-state index in [1.807, 2.05) is 6.92 Å². The summed E-state index contributed by atoms with van der Waals surface area (Å²) in [4.78, 5) is 34.7. The van der Waals surface area contributed by atoms with E-state index in [4.69, 9.17) is 9.84 Å². The summed E-state index contributed by atoms with van der Waals surface area (Å²) in [5, 5.41) is 13.9. The number of amides is 2. The molecule has 2 rings (SSSR count). The second kappa shape index (κ2) is 7.92. The molecule has 2 amide bonds. The van der Waals surface area contributed by atoms with Gasteiger partial charge in [-0.25, -0.2) is 0 Å². The van der Waals surface area contributed by atoms with Crippen molar-refractivity contribution in [2.75, 3.05) is 25.1 Å². The molecule has 0 bridgehead atoms. The normalized spacial score (nSPS) is 16.2. The van der Waals surface area contributed by atoms with Crippen LogP contribution >= 0.6 is 0 Å². The molecule has 7 heteroatoms. The highest BCUT2D eigenvalue weighted by molar-refractivity contribution is 5.97. The second-order valence-corrected chi connectivity index (χ2v) is 6.10. The predicted molar refractivity (Wildman–Crippen MR) is 87.8 cm³/mol. The third-order valence-electron chi connectivity index (χ3n) is 4.17. The molecular formula is C17H22N2O5. The third kappa shape index (κ3) is 4.79. The predicted octanol–water partition coefficient (Wildman–Crippen LogP) is 1.65. The molecule has 1 aromatic rings. The number of carbonyl (C=O) groups is 3. The lowest BCUT2D eigenvalue weighted by atomic mass is 9.81. The number of aliphatic carboxylic acids is 1. The molecule has 1 aromatic carbocycles. The van der Waals surface area contributed by atoms with Crippen LogP contribution in [0.2, 0.25) is 0 Å². The first-order chi connectivity index (χ1) is 11.4. The van der Waals surface area contributed by atoms with Crippen molar-refractivity contribution in [3.8, 4) is 0 Å². The van der Waals surface area contributed by atoms with E-state index < -0.39 is 11.4 Å². The van der Waals surface area contributed by atoms with E-state index in [0.29, 0.717) is 37.3 Å². The number of hydrogen-bond acceptors (Lipinski definition) is 4. The first-order valence-electron chi connectivity index (χ1n) is 7.90. The van der Waals surface area contributed by atoms with Gasteiger partial charge in [0.1, 0.15) is 0 Å². The van der Waals surface area contributed by atoms with Crippen molar-refractivity contribution in [2.45, 2.75) is 26.2 Å². The minimum absolute atomic E-state index is 0.0514. The lowest BCUT2D eigenvalue weighted by molar-refractivity contribution is -0.136. The highest BCUT2D eigenvalue weighted by Gasteiger charge is 2.35. The topological polar surface area (TPSA) is 105 Å². The van der Waals surface area contributed by atoms with Crippen molar-refractivity contribution in [3.63, 3.8) is 0 Å². The quantitative estimate of drug-likeness (QED) is 0.733. The van der Waals surface area contributed by atoms with Crippen molar-refractivity contribution in [3.05, 3.63) is 29.8 Å². The maximum absolute atomic E-state index is 12.4. The van der Waals surface area contributed by atoms with Crippen molar-refractivity contribution >= 4 is 23.5 Å². The number of carbonyl (C=O) groups excluding carboxylic acids is 2. The standard InChI is InChI=1S/C17H22N2O5/c1-17(7-10-24-11-8-17)16(23)19-13-4-2-12(3-5-13)15(22)18-9-6-14(20)21/h2-5H,6-11H2,1H3,(H,18,22)(H,19,23)(H,20,21). The molecule has 0 spiro atoms. The number of carboxylic acid groups (broad SMARTS) is 1. The Bertz CT molecular complexity index is 606. The minimum Gasteiger partial charge on any atom is -0.481 e. The van der Waals surface area contributed by atoms with Gasteiger partial charge in [-0.2, -0.15) is 0 Å². The highest BCUT2D eigenvalue weighted by atomic mass is 16.5. The van der Waals surface area contributed by atoms with Gasteiger partial charge in [0.25, 0.3) is 5.91 Å². The monoisotopic (exact) mass is 334 g/mol. The lowest BCUT2D eigenvalue weighted by Gasteiger charge is -2.31. The maximum Gasteiger partial charge on any atom is 0.305 e. The Kier molecular flexibility index (Phi) is 5.92. The Balaban J connectivity index is 1.90. The Hall–Kier alpha value is -2.41. The molecule has 1 aliphatic heterocycles. The average molecular weight is 334 g/mol. The van der Waals surface area contributed by atoms with Crippen molar-refractivity contribution in [1.82, 2.24) is 5.32 Å². The molecule has 0 atom stereocenters. The van der Waals surface area contributed by atoms with Gasteiger partial charge in [-0.15, -0.1) is 0 Å². The number of ether oxygens (including phenoxy) is 1. The molecule has 0 saturated carbocycles. The maximum atomic E-state index is 12.4. The van der Waals surface area contributed by atoms with E-state index >= 15 is 0 Å². The zero-order valence-corrected chi connectivity index (χ0v) is 13.6. The van der Waals surface area contributed by atoms with Gasteiger partial charge in [0.05, 0.1) is 11.8 Å². The molecule has 0 aliphatic carbocycles. The van der Waals surface area contributed by atoms with Gasteiger partial charge in [0.2, 0.25) is 5.91 Å². The van der Waals surface area contributed by atoms with Crippen LogP contribution in [0.5, 0.6) is 0 Å². The van der Waals surface area contributed by atoms with Gasteiger partial charge >= 0.3 is 5.97 Å². The molecule has 0 unspecified atom stereocenters. The van der Waals surface area contributed by atoms with Gasteiger partial charge < -0.3 is 20.5 Å². The van der Waals surface area contributed by atoms with E-state index in [0.717, 1.165) is 0 Å². The number of hydrogen-bond donors (Lipinski definition) is 3. The van der Waals surface area contributed by atoms with Crippen LogP contribution in [0, 0.1) is 5.41 Å². The number of rotatable bonds is 6. The summed E-state index contributed by atoms with van der Waals surface area (Å²) < 4.78 is 5.29. The fourth-order valence-electron chi connectivity index (χ4n) is 2.42. The van der Waals surface area contributed by atoms with Crippen LogP contribution in [0.15, 0.2) is 24.3 Å². The molecule has 1 aliphatic rings. The van der Waals surface area contributed by atoms with Crippen molar-refractivity contribution in [1.29, 1.82) is 0 Å². The van der Waals surface area contributed by atoms with E-state index in [9.17, 15) is 14.4 Å². The zero-order chi connectivity index (χ0) is 17.6. The minimum atomic E-state index is -0.963. The van der Waals surface area contributed by atoms with Crippen LogP contribution in [-0.2, 0) is 14.3 Å². The molecule has 7 nitrogen and oxygen atoms in total. The smallest absolute Gasteiger partial charge is 0.305 e. The molecule has 1 saturated heterocycles. The van der Waals surface area contributed by atoms with E-state index in [2.05, 4.69) is 10.6 Å². The van der Waals surface area contributed by atoms with Crippen LogP contribution in [0.4, 0.5) is 5.69 Å². The Morgan fingerprint density at radius 3 is 2.38 bits per heavy atom. The molecule has 3 N–H and O–H groups in total. The Morgan fingerprint density at radius 1 is 1.17 bits per heavy atom. The van der Waals surface area contributed by atoms with Crippen LogP contribution < -0.4 is 10.6 Å². The molecular weight excluding hydrogens is 312 g/mol. The summed E-state index contributed by atoms with van der Waals surface area (Å²) >= 11 is 0. The van der Waals surface area contributed by atoms with E-state index in [-0.39, 0.29) is 24.8 Å². The summed E-state index contributed by atoms with van der Waals surface area (Å²) in [6.07, 6.45) is 1.24. The average Bonchev–Trinajstić information content (AvgIpc) is 2.55. The van der Waals surface area contributed by atoms with Gasteiger partial charge in [-0.1, -0.05) is 6.92 Å². The summed E-state index contributed by atoms with van der Waals surface area (Å²) in [6.45, 7) is 3.17. The van der Waals surface area contributed by atoms with Crippen LogP contribution in [0.1, 0.15) is 36.5 Å². The molecule has 1 fully saturated rings. The van der Waals surface area contributed by atoms with E-state index in [1.165, 1.54) is 0 Å². The van der Waals surface area contributed by atoms with Crippen LogP contribution in [0.25, 0.3) is 0 Å².